The second kappa shape index (κ2) is 9.20. The van der Waals surface area contributed by atoms with Crippen LogP contribution in [0.3, 0.4) is 0 Å². The van der Waals surface area contributed by atoms with Crippen LogP contribution in [0.1, 0.15) is 113 Å². The molecule has 5 fully saturated rings. The van der Waals surface area contributed by atoms with E-state index >= 15 is 0 Å². The lowest BCUT2D eigenvalue weighted by Crippen LogP contribution is -2.54. The molecule has 0 saturated heterocycles. The molecular formula is C32H54O5. The number of carbonyl (C=O) groups excluding carboxylic acids is 1. The maximum Gasteiger partial charge on any atom is 0.293 e. The lowest BCUT2D eigenvalue weighted by atomic mass is 9.46. The van der Waals surface area contributed by atoms with E-state index in [4.69, 9.17) is 9.47 Å². The van der Waals surface area contributed by atoms with E-state index in [9.17, 15) is 15.0 Å². The van der Waals surface area contributed by atoms with E-state index in [1.165, 1.54) is 32.1 Å². The van der Waals surface area contributed by atoms with Crippen LogP contribution >= 0.6 is 0 Å². The molecule has 0 aromatic carbocycles. The lowest BCUT2D eigenvalue weighted by molar-refractivity contribution is -0.163. The van der Waals surface area contributed by atoms with E-state index in [1.807, 2.05) is 20.8 Å². The molecule has 37 heavy (non-hydrogen) atoms. The predicted molar refractivity (Wildman–Crippen MR) is 145 cm³/mol. The summed E-state index contributed by atoms with van der Waals surface area (Å²) in [6.45, 7) is 16.7. The Balaban J connectivity index is 1.33. The molecule has 5 rings (SSSR count). The average Bonchev–Trinajstić information content (AvgIpc) is 3.23. The van der Waals surface area contributed by atoms with Gasteiger partial charge in [0.05, 0.1) is 17.8 Å². The van der Waals surface area contributed by atoms with Gasteiger partial charge < -0.3 is 19.7 Å². The molecule has 0 aromatic heterocycles. The molecule has 0 aliphatic heterocycles. The number of aliphatic hydroxyl groups excluding tert-OH is 1. The molecule has 0 bridgehead atoms. The number of fused-ring (bicyclic) bond motifs is 2. The third kappa shape index (κ3) is 3.75. The van der Waals surface area contributed by atoms with E-state index in [2.05, 4.69) is 27.7 Å². The number of rotatable bonds is 9. The van der Waals surface area contributed by atoms with Crippen molar-refractivity contribution in [2.24, 2.45) is 51.2 Å². The number of carbonyl (C=O) groups is 1. The molecule has 0 amide bonds. The highest BCUT2D eigenvalue weighted by molar-refractivity contribution is 5.39. The summed E-state index contributed by atoms with van der Waals surface area (Å²) in [5, 5.41) is 22.0. The Morgan fingerprint density at radius 1 is 1.05 bits per heavy atom. The molecule has 0 aromatic rings. The Kier molecular flexibility index (Phi) is 6.93. The number of aliphatic hydroxyl groups is 2. The summed E-state index contributed by atoms with van der Waals surface area (Å²) in [4.78, 5) is 11.3. The highest BCUT2D eigenvalue weighted by Gasteiger charge is 2.84. The molecular weight excluding hydrogens is 464 g/mol. The fourth-order valence-electron chi connectivity index (χ4n) is 11.9. The molecule has 11 atom stereocenters. The molecule has 2 spiro atoms. The fourth-order valence-corrected chi connectivity index (χ4v) is 11.9. The van der Waals surface area contributed by atoms with Gasteiger partial charge in [0, 0.05) is 12.0 Å². The van der Waals surface area contributed by atoms with Gasteiger partial charge in [0.25, 0.3) is 6.47 Å². The van der Waals surface area contributed by atoms with Crippen LogP contribution in [0.15, 0.2) is 0 Å². The minimum Gasteiger partial charge on any atom is -0.464 e. The zero-order chi connectivity index (χ0) is 27.0. The average molecular weight is 519 g/mol. The molecule has 0 heterocycles. The van der Waals surface area contributed by atoms with Gasteiger partial charge in [0.2, 0.25) is 0 Å². The highest BCUT2D eigenvalue weighted by atomic mass is 16.5. The smallest absolute Gasteiger partial charge is 0.293 e. The van der Waals surface area contributed by atoms with Gasteiger partial charge in [-0.25, -0.2) is 0 Å². The van der Waals surface area contributed by atoms with Crippen molar-refractivity contribution in [3.8, 4) is 0 Å². The van der Waals surface area contributed by atoms with Gasteiger partial charge in [-0.15, -0.1) is 0 Å². The van der Waals surface area contributed by atoms with E-state index in [0.29, 0.717) is 47.6 Å². The topological polar surface area (TPSA) is 76.0 Å². The van der Waals surface area contributed by atoms with Gasteiger partial charge in [-0.2, -0.15) is 0 Å². The van der Waals surface area contributed by atoms with Crippen molar-refractivity contribution in [1.29, 1.82) is 0 Å². The maximum absolute atomic E-state index is 11.4. The number of hydrogen-bond acceptors (Lipinski definition) is 5. The molecule has 5 aliphatic rings. The number of hydrogen-bond donors (Lipinski definition) is 2. The summed E-state index contributed by atoms with van der Waals surface area (Å²) in [5.74, 6) is 3.01. The molecule has 5 nitrogen and oxygen atoms in total. The minimum atomic E-state index is -0.841. The van der Waals surface area contributed by atoms with Crippen LogP contribution in [0.4, 0.5) is 0 Å². The van der Waals surface area contributed by atoms with Gasteiger partial charge in [-0.3, -0.25) is 4.79 Å². The van der Waals surface area contributed by atoms with Crippen molar-refractivity contribution in [2.75, 3.05) is 6.61 Å². The van der Waals surface area contributed by atoms with Crippen molar-refractivity contribution in [3.63, 3.8) is 0 Å². The molecule has 5 aliphatic carbocycles. The van der Waals surface area contributed by atoms with E-state index < -0.39 is 5.60 Å². The van der Waals surface area contributed by atoms with E-state index in [0.717, 1.165) is 38.0 Å². The van der Waals surface area contributed by atoms with Crippen molar-refractivity contribution >= 4 is 6.47 Å². The molecule has 212 valence electrons. The van der Waals surface area contributed by atoms with Crippen LogP contribution in [0, 0.1) is 51.2 Å². The molecule has 5 heteroatoms. The van der Waals surface area contributed by atoms with E-state index in [-0.39, 0.29) is 29.1 Å². The Morgan fingerprint density at radius 2 is 1.78 bits per heavy atom. The van der Waals surface area contributed by atoms with Crippen molar-refractivity contribution in [1.82, 2.24) is 0 Å². The standard InChI is InChI=1S/C32H54O5/c1-8-36-27(29(5,6)35)11-9-10-22-24(34)18-23-21-12-13-25-28(3,4)26(37-19-33)14-15-32(25)20(2)31(21,32)17-16-30(22,23)7/h19-27,34-35H,8-18H2,1-7H3/t20-,21-,22-,23?,24+,25?,26-,27-,30+,31-,32?/m0/s1. The first kappa shape index (κ1) is 27.9. The summed E-state index contributed by atoms with van der Waals surface area (Å²) < 4.78 is 11.5. The van der Waals surface area contributed by atoms with Crippen LogP contribution in [0.25, 0.3) is 0 Å². The first-order valence-electron chi connectivity index (χ1n) is 15.4. The van der Waals surface area contributed by atoms with Gasteiger partial charge in [0.15, 0.2) is 0 Å². The first-order chi connectivity index (χ1) is 17.3. The number of ether oxygens (including phenoxy) is 2. The van der Waals surface area contributed by atoms with Gasteiger partial charge >= 0.3 is 0 Å². The van der Waals surface area contributed by atoms with Crippen LogP contribution < -0.4 is 0 Å². The van der Waals surface area contributed by atoms with Crippen LogP contribution in [0.5, 0.6) is 0 Å². The van der Waals surface area contributed by atoms with Gasteiger partial charge in [0.1, 0.15) is 6.10 Å². The van der Waals surface area contributed by atoms with Crippen molar-refractivity contribution in [3.05, 3.63) is 0 Å². The zero-order valence-electron chi connectivity index (χ0n) is 24.6. The van der Waals surface area contributed by atoms with Crippen LogP contribution in [0.2, 0.25) is 0 Å². The Labute approximate surface area is 225 Å². The SMILES string of the molecule is CCO[C@@H](CCC[C@H]1[C@H](O)CC2[C@@H]3CCC4C(C)(C)[C@@H](OC=O)CCC45[C@@H](C)[C@@]35CC[C@@]21C)C(C)(C)O. The Hall–Kier alpha value is -0.650. The van der Waals surface area contributed by atoms with Gasteiger partial charge in [-0.05, 0) is 124 Å². The second-order valence-corrected chi connectivity index (χ2v) is 15.2. The predicted octanol–water partition coefficient (Wildman–Crippen LogP) is 6.14. The zero-order valence-corrected chi connectivity index (χ0v) is 24.6. The third-order valence-corrected chi connectivity index (χ3v) is 13.5. The molecule has 2 N–H and O–H groups in total. The van der Waals surface area contributed by atoms with Crippen LogP contribution in [-0.4, -0.2) is 47.2 Å². The van der Waals surface area contributed by atoms with E-state index in [1.54, 1.807) is 0 Å². The first-order valence-corrected chi connectivity index (χ1v) is 15.4. The lowest BCUT2D eigenvalue weighted by Gasteiger charge is -2.59. The monoisotopic (exact) mass is 518 g/mol. The molecule has 0 radical (unpaired) electrons. The third-order valence-electron chi connectivity index (χ3n) is 13.5. The minimum absolute atomic E-state index is 0.0257. The molecule has 5 saturated carbocycles. The summed E-state index contributed by atoms with van der Waals surface area (Å²) in [7, 11) is 0. The van der Waals surface area contributed by atoms with Crippen LogP contribution in [-0.2, 0) is 14.3 Å². The Morgan fingerprint density at radius 3 is 2.43 bits per heavy atom. The maximum atomic E-state index is 11.4. The summed E-state index contributed by atoms with van der Waals surface area (Å²) in [5.41, 5.74) is 0.197. The van der Waals surface area contributed by atoms with Crippen molar-refractivity contribution in [2.45, 2.75) is 137 Å². The Bertz CT molecular complexity index is 864. The fraction of sp³-hybridized carbons (Fsp3) is 0.969. The quantitative estimate of drug-likeness (QED) is 0.359. The summed E-state index contributed by atoms with van der Waals surface area (Å²) >= 11 is 0. The molecule has 3 unspecified atom stereocenters. The summed E-state index contributed by atoms with van der Waals surface area (Å²) in [6, 6.07) is 0. The largest absolute Gasteiger partial charge is 0.464 e. The second-order valence-electron chi connectivity index (χ2n) is 15.2. The highest BCUT2D eigenvalue weighted by Crippen LogP contribution is 2.89. The summed E-state index contributed by atoms with van der Waals surface area (Å²) in [6.07, 6.45) is 10.7. The normalized spacial score (nSPS) is 48.7. The van der Waals surface area contributed by atoms with Gasteiger partial charge in [-0.1, -0.05) is 34.1 Å². The van der Waals surface area contributed by atoms with Crippen molar-refractivity contribution < 1.29 is 24.5 Å².